The molecule has 5 rings (SSSR count). The summed E-state index contributed by atoms with van der Waals surface area (Å²) in [7, 11) is 0. The Labute approximate surface area is 138 Å². The van der Waals surface area contributed by atoms with Crippen molar-refractivity contribution in [3.63, 3.8) is 0 Å². The van der Waals surface area contributed by atoms with Crippen molar-refractivity contribution >= 4 is 27.6 Å². The number of benzene rings is 2. The molecule has 3 N–H and O–H groups in total. The van der Waals surface area contributed by atoms with E-state index in [1.165, 1.54) is 0 Å². The molecule has 2 aromatic heterocycles. The lowest BCUT2D eigenvalue weighted by Gasteiger charge is -1.94. The summed E-state index contributed by atoms with van der Waals surface area (Å²) in [6.07, 6.45) is 1.99. The summed E-state index contributed by atoms with van der Waals surface area (Å²) in [6, 6.07) is 18.0. The molecular formula is C18H13ClN2O2. The molecule has 0 fully saturated rings. The van der Waals surface area contributed by atoms with E-state index in [1.54, 1.807) is 0 Å². The molecular weight excluding hydrogens is 312 g/mol. The minimum Gasteiger partial charge on any atom is -1.00 e. The predicted molar refractivity (Wildman–Crippen MR) is 84.4 cm³/mol. The summed E-state index contributed by atoms with van der Waals surface area (Å²) < 4.78 is 1.98. The van der Waals surface area contributed by atoms with Gasteiger partial charge in [0.05, 0.1) is 0 Å². The maximum Gasteiger partial charge on any atom is 0.284 e. The number of hydrogen-bond donors (Lipinski definition) is 1. The lowest BCUT2D eigenvalue weighted by molar-refractivity contribution is -0.592. The van der Waals surface area contributed by atoms with Crippen molar-refractivity contribution in [2.75, 3.05) is 0 Å². The normalized spacial score (nSPS) is 11.7. The number of aromatic amines is 1. The highest BCUT2D eigenvalue weighted by molar-refractivity contribution is 6.20. The van der Waals surface area contributed by atoms with Crippen LogP contribution in [-0.4, -0.2) is 16.2 Å². The Morgan fingerprint density at radius 1 is 0.870 bits per heavy atom. The van der Waals surface area contributed by atoms with Crippen LogP contribution in [0.25, 0.3) is 27.5 Å². The molecule has 4 aromatic rings. The van der Waals surface area contributed by atoms with Gasteiger partial charge >= 0.3 is 0 Å². The molecule has 0 saturated heterocycles. The van der Waals surface area contributed by atoms with Gasteiger partial charge in [-0.3, -0.25) is 4.79 Å². The Morgan fingerprint density at radius 3 is 2.48 bits per heavy atom. The third-order valence-electron chi connectivity index (χ3n) is 4.24. The van der Waals surface area contributed by atoms with Gasteiger partial charge in [-0.1, -0.05) is 30.3 Å². The molecule has 0 amide bonds. The van der Waals surface area contributed by atoms with Crippen LogP contribution in [0.15, 0.2) is 60.8 Å². The van der Waals surface area contributed by atoms with Gasteiger partial charge in [0.1, 0.15) is 11.1 Å². The van der Waals surface area contributed by atoms with Crippen LogP contribution in [0.1, 0.15) is 16.1 Å². The third kappa shape index (κ3) is 1.82. The standard InChI is InChI=1S/C18H10N2O.ClH.H2O/c21-18-13-6-2-4-8-15(13)20-10-9-12-11-5-1-3-7-14(11)19-16(12)17(18)20;;/h1-10H;1H;1H2. The van der Waals surface area contributed by atoms with Crippen LogP contribution < -0.4 is 17.0 Å². The Bertz CT molecular complexity index is 1070. The number of pyridine rings is 1. The molecule has 4 nitrogen and oxygen atoms in total. The van der Waals surface area contributed by atoms with E-state index in [-0.39, 0.29) is 23.7 Å². The molecule has 0 atom stereocenters. The minimum absolute atomic E-state index is 0. The highest BCUT2D eigenvalue weighted by Crippen LogP contribution is 2.30. The Balaban J connectivity index is 0.000000781. The highest BCUT2D eigenvalue weighted by Gasteiger charge is 2.37. The lowest BCUT2D eigenvalue weighted by Crippen LogP contribution is -3.00. The molecule has 3 heterocycles. The first kappa shape index (κ1) is 15.2. The number of halogens is 1. The molecule has 5 heteroatoms. The smallest absolute Gasteiger partial charge is 0.284 e. The van der Waals surface area contributed by atoms with Crippen molar-refractivity contribution in [3.05, 3.63) is 72.1 Å². The second-order valence-corrected chi connectivity index (χ2v) is 5.34. The van der Waals surface area contributed by atoms with Gasteiger partial charge in [0.2, 0.25) is 5.69 Å². The molecule has 0 radical (unpaired) electrons. The largest absolute Gasteiger partial charge is 1.00 e. The van der Waals surface area contributed by atoms with E-state index in [0.29, 0.717) is 0 Å². The SMILES string of the molecule is O.O=C1c2ccccc2-[n+]2ccc3c([nH]c4ccccc43)c21.[Cl-]. The van der Waals surface area contributed by atoms with E-state index in [9.17, 15) is 4.79 Å². The van der Waals surface area contributed by atoms with Gasteiger partial charge < -0.3 is 22.9 Å². The number of para-hydroxylation sites is 2. The number of hydrogen-bond acceptors (Lipinski definition) is 1. The number of nitrogens with zero attached hydrogens (tertiary/aromatic N) is 1. The fourth-order valence-electron chi connectivity index (χ4n) is 3.29. The fraction of sp³-hybridized carbons (Fsp3) is 0. The third-order valence-corrected chi connectivity index (χ3v) is 4.24. The number of carbonyl (C=O) groups is 1. The molecule has 0 aliphatic carbocycles. The molecule has 0 unspecified atom stereocenters. The summed E-state index contributed by atoms with van der Waals surface area (Å²) in [5, 5.41) is 2.25. The van der Waals surface area contributed by atoms with Crippen molar-refractivity contribution < 1.29 is 27.2 Å². The first-order valence-corrected chi connectivity index (χ1v) is 6.94. The van der Waals surface area contributed by atoms with E-state index in [0.717, 1.165) is 38.8 Å². The molecule has 2 aromatic carbocycles. The topological polar surface area (TPSA) is 68.2 Å². The van der Waals surface area contributed by atoms with Crippen molar-refractivity contribution in [1.29, 1.82) is 0 Å². The van der Waals surface area contributed by atoms with E-state index in [2.05, 4.69) is 17.1 Å². The zero-order chi connectivity index (χ0) is 14.0. The quantitative estimate of drug-likeness (QED) is 0.377. The predicted octanol–water partition coefficient (Wildman–Crippen LogP) is -0.679. The number of ketones is 1. The maximum atomic E-state index is 12.7. The van der Waals surface area contributed by atoms with Gasteiger partial charge in [0, 0.05) is 28.4 Å². The highest BCUT2D eigenvalue weighted by atomic mass is 35.5. The van der Waals surface area contributed by atoms with E-state index < -0.39 is 0 Å². The van der Waals surface area contributed by atoms with Gasteiger partial charge in [0.25, 0.3) is 11.5 Å². The van der Waals surface area contributed by atoms with Crippen LogP contribution in [0.5, 0.6) is 0 Å². The van der Waals surface area contributed by atoms with Crippen LogP contribution >= 0.6 is 0 Å². The maximum absolute atomic E-state index is 12.7. The Morgan fingerprint density at radius 2 is 1.61 bits per heavy atom. The van der Waals surface area contributed by atoms with Crippen molar-refractivity contribution in [3.8, 4) is 5.69 Å². The van der Waals surface area contributed by atoms with Crippen LogP contribution in [0, 0.1) is 0 Å². The first-order chi connectivity index (χ1) is 10.3. The van der Waals surface area contributed by atoms with Crippen LogP contribution in [0.2, 0.25) is 0 Å². The monoisotopic (exact) mass is 324 g/mol. The van der Waals surface area contributed by atoms with Gasteiger partial charge in [-0.05, 0) is 12.1 Å². The van der Waals surface area contributed by atoms with Crippen molar-refractivity contribution in [1.82, 2.24) is 4.98 Å². The number of rotatable bonds is 0. The lowest BCUT2D eigenvalue weighted by atomic mass is 10.1. The molecule has 0 bridgehead atoms. The van der Waals surface area contributed by atoms with E-state index in [4.69, 9.17) is 0 Å². The number of nitrogens with one attached hydrogen (secondary N) is 1. The van der Waals surface area contributed by atoms with Crippen LogP contribution in [0.3, 0.4) is 0 Å². The second-order valence-electron chi connectivity index (χ2n) is 5.34. The molecule has 0 saturated carbocycles. The van der Waals surface area contributed by atoms with Crippen molar-refractivity contribution in [2.45, 2.75) is 0 Å². The average Bonchev–Trinajstić information content (AvgIpc) is 3.04. The van der Waals surface area contributed by atoms with Crippen LogP contribution in [0.4, 0.5) is 0 Å². The van der Waals surface area contributed by atoms with Gasteiger partial charge in [-0.15, -0.1) is 0 Å². The number of carbonyl (C=O) groups excluding carboxylic acids is 1. The zero-order valence-electron chi connectivity index (χ0n) is 12.0. The number of H-pyrrole nitrogens is 1. The number of fused-ring (bicyclic) bond motifs is 7. The van der Waals surface area contributed by atoms with Gasteiger partial charge in [0.15, 0.2) is 6.20 Å². The minimum atomic E-state index is 0. The second kappa shape index (κ2) is 5.19. The van der Waals surface area contributed by atoms with Gasteiger partial charge in [-0.25, -0.2) is 0 Å². The average molecular weight is 325 g/mol. The van der Waals surface area contributed by atoms with Crippen molar-refractivity contribution in [2.24, 2.45) is 0 Å². The molecule has 1 aliphatic heterocycles. The fourth-order valence-corrected chi connectivity index (χ4v) is 3.29. The van der Waals surface area contributed by atoms with Crippen LogP contribution in [-0.2, 0) is 0 Å². The zero-order valence-corrected chi connectivity index (χ0v) is 12.8. The first-order valence-electron chi connectivity index (χ1n) is 6.94. The Hall–Kier alpha value is -2.69. The summed E-state index contributed by atoms with van der Waals surface area (Å²) in [5.74, 6) is 0.0859. The molecule has 0 spiro atoms. The summed E-state index contributed by atoms with van der Waals surface area (Å²) in [5.41, 5.74) is 4.43. The summed E-state index contributed by atoms with van der Waals surface area (Å²) >= 11 is 0. The molecule has 23 heavy (non-hydrogen) atoms. The summed E-state index contributed by atoms with van der Waals surface area (Å²) in [6.45, 7) is 0. The van der Waals surface area contributed by atoms with E-state index in [1.807, 2.05) is 53.2 Å². The van der Waals surface area contributed by atoms with Gasteiger partial charge in [-0.2, -0.15) is 4.57 Å². The van der Waals surface area contributed by atoms with E-state index >= 15 is 0 Å². The molecule has 114 valence electrons. The number of aromatic nitrogens is 2. The summed E-state index contributed by atoms with van der Waals surface area (Å²) in [4.78, 5) is 16.1. The Kier molecular flexibility index (Phi) is 3.43. The molecule has 1 aliphatic rings.